The van der Waals surface area contributed by atoms with E-state index in [0.717, 1.165) is 33.4 Å². The molecular weight excluding hydrogens is 495 g/mol. The molecule has 0 amide bonds. The topological polar surface area (TPSA) is 76.5 Å². The summed E-state index contributed by atoms with van der Waals surface area (Å²) in [7, 11) is 0. The Morgan fingerprint density at radius 2 is 1.89 bits per heavy atom. The third-order valence-electron chi connectivity index (χ3n) is 6.50. The number of H-pyrrole nitrogens is 1. The van der Waals surface area contributed by atoms with Crippen molar-refractivity contribution >= 4 is 44.7 Å². The molecule has 1 aliphatic rings. The van der Waals surface area contributed by atoms with Crippen LogP contribution >= 0.6 is 34.4 Å². The summed E-state index contributed by atoms with van der Waals surface area (Å²) in [5.41, 5.74) is 1.89. The predicted molar refractivity (Wildman–Crippen MR) is 145 cm³/mol. The highest BCUT2D eigenvalue weighted by atomic mass is 32.2. The van der Waals surface area contributed by atoms with Crippen LogP contribution in [0.4, 0.5) is 0 Å². The Bertz CT molecular complexity index is 1480. The fraction of sp³-hybridized carbons (Fsp3) is 0.308. The lowest BCUT2D eigenvalue weighted by Gasteiger charge is -2.25. The van der Waals surface area contributed by atoms with Crippen LogP contribution in [0.1, 0.15) is 54.7 Å². The molecule has 1 aromatic carbocycles. The van der Waals surface area contributed by atoms with Crippen molar-refractivity contribution in [1.29, 1.82) is 0 Å². The minimum atomic E-state index is -0.0853. The second kappa shape index (κ2) is 10.1. The summed E-state index contributed by atoms with van der Waals surface area (Å²) >= 11 is 4.89. The van der Waals surface area contributed by atoms with E-state index in [1.807, 2.05) is 35.7 Å². The molecule has 0 saturated heterocycles. The number of fused-ring (bicyclic) bond motifs is 1. The van der Waals surface area contributed by atoms with Crippen molar-refractivity contribution < 1.29 is 0 Å². The first-order valence-electron chi connectivity index (χ1n) is 11.9. The van der Waals surface area contributed by atoms with Gasteiger partial charge in [-0.15, -0.1) is 32.9 Å². The van der Waals surface area contributed by atoms with Gasteiger partial charge in [-0.05, 0) is 29.9 Å². The third kappa shape index (κ3) is 4.72. The van der Waals surface area contributed by atoms with Crippen LogP contribution in [0.3, 0.4) is 0 Å². The fourth-order valence-corrected chi connectivity index (χ4v) is 7.39. The number of nitrogens with one attached hydrogen (secondary N) is 1. The van der Waals surface area contributed by atoms with Gasteiger partial charge in [0.15, 0.2) is 5.16 Å². The largest absolute Gasteiger partial charge is 0.309 e. The van der Waals surface area contributed by atoms with Crippen molar-refractivity contribution in [3.05, 3.63) is 80.1 Å². The highest BCUT2D eigenvalue weighted by Gasteiger charge is 2.24. The molecule has 178 valence electrons. The number of rotatable bonds is 7. The first-order valence-corrected chi connectivity index (χ1v) is 14.7. The number of hydrogen-bond donors (Lipinski definition) is 1. The Labute approximate surface area is 215 Å². The van der Waals surface area contributed by atoms with Crippen molar-refractivity contribution in [2.45, 2.75) is 55.5 Å². The lowest BCUT2D eigenvalue weighted by atomic mass is 9.95. The number of benzene rings is 1. The second-order valence-corrected chi connectivity index (χ2v) is 11.6. The Morgan fingerprint density at radius 1 is 1.03 bits per heavy atom. The van der Waals surface area contributed by atoms with Crippen LogP contribution < -0.4 is 5.56 Å². The van der Waals surface area contributed by atoms with Gasteiger partial charge in [0, 0.05) is 28.3 Å². The van der Waals surface area contributed by atoms with Gasteiger partial charge in [-0.2, -0.15) is 0 Å². The molecule has 1 N–H and O–H groups in total. The van der Waals surface area contributed by atoms with E-state index in [0.29, 0.717) is 23.0 Å². The van der Waals surface area contributed by atoms with Crippen LogP contribution in [0.2, 0.25) is 0 Å². The van der Waals surface area contributed by atoms with Gasteiger partial charge in [-0.1, -0.05) is 67.4 Å². The number of thioether (sulfide) groups is 1. The molecule has 4 aromatic heterocycles. The normalized spacial score (nSPS) is 14.6. The second-order valence-electron chi connectivity index (χ2n) is 8.81. The van der Waals surface area contributed by atoms with Crippen LogP contribution in [0.5, 0.6) is 0 Å². The van der Waals surface area contributed by atoms with Crippen LogP contribution in [0.15, 0.2) is 63.2 Å². The minimum Gasteiger partial charge on any atom is -0.309 e. The van der Waals surface area contributed by atoms with Crippen molar-refractivity contribution in [3.63, 3.8) is 0 Å². The van der Waals surface area contributed by atoms with E-state index < -0.39 is 0 Å². The van der Waals surface area contributed by atoms with Crippen molar-refractivity contribution in [1.82, 2.24) is 24.7 Å². The molecule has 9 heteroatoms. The molecule has 0 spiro atoms. The van der Waals surface area contributed by atoms with Gasteiger partial charge in [-0.3, -0.25) is 4.79 Å². The number of aromatic nitrogens is 5. The Morgan fingerprint density at radius 3 is 2.69 bits per heavy atom. The fourth-order valence-electron chi connectivity index (χ4n) is 4.83. The van der Waals surface area contributed by atoms with Crippen molar-refractivity contribution in [2.24, 2.45) is 0 Å². The monoisotopic (exact) mass is 519 g/mol. The Hall–Kier alpha value is -2.75. The summed E-state index contributed by atoms with van der Waals surface area (Å²) in [5, 5.41) is 14.9. The molecule has 0 radical (unpaired) electrons. The van der Waals surface area contributed by atoms with E-state index in [1.54, 1.807) is 23.1 Å². The van der Waals surface area contributed by atoms with E-state index in [2.05, 4.69) is 37.3 Å². The highest BCUT2D eigenvalue weighted by molar-refractivity contribution is 7.98. The summed E-state index contributed by atoms with van der Waals surface area (Å²) in [4.78, 5) is 22.9. The lowest BCUT2D eigenvalue weighted by Crippen LogP contribution is -2.17. The number of thiophene rings is 2. The zero-order valence-electron chi connectivity index (χ0n) is 19.1. The SMILES string of the molecule is O=c1[nH]c(CSc2nnc(Cc3cccs3)n2C2CCCCC2)nc2scc(-c3ccccc3)c12. The molecule has 35 heavy (non-hydrogen) atoms. The van der Waals surface area contributed by atoms with Crippen LogP contribution in [0, 0.1) is 0 Å². The third-order valence-corrected chi connectivity index (χ3v) is 9.21. The first-order chi connectivity index (χ1) is 17.3. The average Bonchev–Trinajstić information content (AvgIpc) is 3.64. The minimum absolute atomic E-state index is 0.0853. The van der Waals surface area contributed by atoms with Crippen LogP contribution in [-0.2, 0) is 12.2 Å². The molecule has 1 saturated carbocycles. The van der Waals surface area contributed by atoms with E-state index in [4.69, 9.17) is 4.98 Å². The smallest absolute Gasteiger partial charge is 0.260 e. The van der Waals surface area contributed by atoms with E-state index >= 15 is 0 Å². The van der Waals surface area contributed by atoms with Gasteiger partial charge in [0.2, 0.25) is 0 Å². The maximum Gasteiger partial charge on any atom is 0.260 e. The standard InChI is InChI=1S/C26H25N5OS3/c32-24-23-20(17-8-3-1-4-9-17)15-34-25(23)28-21(27-24)16-35-26-30-29-22(14-19-12-7-13-33-19)31(26)18-10-5-2-6-11-18/h1,3-4,7-9,12-13,15,18H,2,5-6,10-11,14,16H2,(H,27,28,32). The number of hydrogen-bond acceptors (Lipinski definition) is 7. The lowest BCUT2D eigenvalue weighted by molar-refractivity contribution is 0.330. The van der Waals surface area contributed by atoms with Crippen LogP contribution in [0.25, 0.3) is 21.3 Å². The summed E-state index contributed by atoms with van der Waals surface area (Å²) in [6.07, 6.45) is 6.94. The molecule has 5 aromatic rings. The van der Waals surface area contributed by atoms with Gasteiger partial charge >= 0.3 is 0 Å². The molecular formula is C26H25N5OS3. The molecule has 0 unspecified atom stereocenters. The molecule has 1 fully saturated rings. The molecule has 4 heterocycles. The van der Waals surface area contributed by atoms with E-state index in [9.17, 15) is 4.79 Å². The van der Waals surface area contributed by atoms with Gasteiger partial charge in [0.1, 0.15) is 16.5 Å². The highest BCUT2D eigenvalue weighted by Crippen LogP contribution is 2.35. The van der Waals surface area contributed by atoms with E-state index in [1.165, 1.54) is 48.3 Å². The number of aromatic amines is 1. The summed E-state index contributed by atoms with van der Waals surface area (Å²) < 4.78 is 2.36. The van der Waals surface area contributed by atoms with Gasteiger partial charge in [-0.25, -0.2) is 4.98 Å². The zero-order chi connectivity index (χ0) is 23.6. The molecule has 6 rings (SSSR count). The summed E-state index contributed by atoms with van der Waals surface area (Å²) in [5.74, 6) is 2.25. The molecule has 0 atom stereocenters. The Kier molecular flexibility index (Phi) is 6.54. The van der Waals surface area contributed by atoms with Gasteiger partial charge < -0.3 is 9.55 Å². The average molecular weight is 520 g/mol. The molecule has 0 bridgehead atoms. The first kappa shape index (κ1) is 22.7. The zero-order valence-corrected chi connectivity index (χ0v) is 21.6. The summed E-state index contributed by atoms with van der Waals surface area (Å²) in [6, 6.07) is 14.7. The van der Waals surface area contributed by atoms with Crippen molar-refractivity contribution in [2.75, 3.05) is 0 Å². The van der Waals surface area contributed by atoms with Gasteiger partial charge in [0.05, 0.1) is 11.1 Å². The maximum absolute atomic E-state index is 13.0. The molecule has 6 nitrogen and oxygen atoms in total. The molecule has 0 aliphatic heterocycles. The quantitative estimate of drug-likeness (QED) is 0.242. The maximum atomic E-state index is 13.0. The van der Waals surface area contributed by atoms with Crippen LogP contribution in [-0.4, -0.2) is 24.7 Å². The predicted octanol–water partition coefficient (Wildman–Crippen LogP) is 6.69. The molecule has 1 aliphatic carbocycles. The van der Waals surface area contributed by atoms with Gasteiger partial charge in [0.25, 0.3) is 5.56 Å². The van der Waals surface area contributed by atoms with E-state index in [-0.39, 0.29) is 5.56 Å². The Balaban J connectivity index is 1.27. The van der Waals surface area contributed by atoms with Crippen molar-refractivity contribution in [3.8, 4) is 11.1 Å². The number of nitrogens with zero attached hydrogens (tertiary/aromatic N) is 4. The summed E-state index contributed by atoms with van der Waals surface area (Å²) in [6.45, 7) is 0.